The molecule has 3 aromatic rings. The summed E-state index contributed by atoms with van der Waals surface area (Å²) in [6.07, 6.45) is 1.46. The molecule has 0 aliphatic carbocycles. The number of imidazole rings is 1. The van der Waals surface area contributed by atoms with Crippen LogP contribution in [0.2, 0.25) is 0 Å². The van der Waals surface area contributed by atoms with E-state index in [4.69, 9.17) is 0 Å². The van der Waals surface area contributed by atoms with Gasteiger partial charge in [-0.2, -0.15) is 0 Å². The van der Waals surface area contributed by atoms with Crippen LogP contribution in [0.15, 0.2) is 36.5 Å². The average molecular weight is 366 g/mol. The largest absolute Gasteiger partial charge is 0.478 e. The number of nitrogens with zero attached hydrogens (tertiary/aromatic N) is 3. The first kappa shape index (κ1) is 17.4. The molecule has 8 heteroatoms. The van der Waals surface area contributed by atoms with E-state index in [9.17, 15) is 9.90 Å². The van der Waals surface area contributed by atoms with E-state index >= 15 is 0 Å². The Bertz CT molecular complexity index is 931. The summed E-state index contributed by atoms with van der Waals surface area (Å²) in [4.78, 5) is 25.4. The number of aromatic carboxylic acids is 1. The standard InChI is InChI=1S/C19H22N6O2/c26-19(27)15-5-6-22-18-16(15)23-17(24-18)13-1-3-14(4-2-13)21-9-12-25-10-7-20-8-11-25/h1-6,20-21H,7-12H2,(H,26,27)(H,22,23,24). The highest BCUT2D eigenvalue weighted by Gasteiger charge is 2.14. The summed E-state index contributed by atoms with van der Waals surface area (Å²) in [6, 6.07) is 9.41. The van der Waals surface area contributed by atoms with Crippen molar-refractivity contribution < 1.29 is 9.90 Å². The molecule has 1 fully saturated rings. The van der Waals surface area contributed by atoms with Crippen molar-refractivity contribution in [1.29, 1.82) is 0 Å². The molecule has 0 bridgehead atoms. The monoisotopic (exact) mass is 366 g/mol. The van der Waals surface area contributed by atoms with E-state index in [-0.39, 0.29) is 5.56 Å². The minimum Gasteiger partial charge on any atom is -0.478 e. The molecule has 140 valence electrons. The maximum absolute atomic E-state index is 11.3. The minimum absolute atomic E-state index is 0.171. The van der Waals surface area contributed by atoms with Gasteiger partial charge in [0.2, 0.25) is 0 Å². The summed E-state index contributed by atoms with van der Waals surface area (Å²) in [7, 11) is 0. The Balaban J connectivity index is 1.43. The number of nitrogens with one attached hydrogen (secondary N) is 3. The third-order valence-electron chi connectivity index (χ3n) is 4.75. The molecule has 27 heavy (non-hydrogen) atoms. The first-order valence-corrected chi connectivity index (χ1v) is 9.06. The highest BCUT2D eigenvalue weighted by atomic mass is 16.4. The Kier molecular flexibility index (Phi) is 4.99. The normalized spacial score (nSPS) is 15.1. The van der Waals surface area contributed by atoms with E-state index in [1.807, 2.05) is 24.3 Å². The molecule has 1 saturated heterocycles. The number of piperazine rings is 1. The molecule has 4 rings (SSSR count). The van der Waals surface area contributed by atoms with Crippen LogP contribution in [0.1, 0.15) is 10.4 Å². The van der Waals surface area contributed by atoms with Crippen molar-refractivity contribution in [2.45, 2.75) is 0 Å². The summed E-state index contributed by atoms with van der Waals surface area (Å²) in [5, 5.41) is 16.1. The number of hydrogen-bond donors (Lipinski definition) is 4. The van der Waals surface area contributed by atoms with Gasteiger partial charge in [-0.05, 0) is 30.3 Å². The predicted octanol–water partition coefficient (Wildman–Crippen LogP) is 1.64. The highest BCUT2D eigenvalue weighted by Crippen LogP contribution is 2.23. The second kappa shape index (κ2) is 7.73. The molecule has 3 heterocycles. The molecule has 2 aromatic heterocycles. The molecular formula is C19H22N6O2. The van der Waals surface area contributed by atoms with Gasteiger partial charge in [0.15, 0.2) is 5.65 Å². The van der Waals surface area contributed by atoms with Crippen LogP contribution in [0.4, 0.5) is 5.69 Å². The van der Waals surface area contributed by atoms with Crippen molar-refractivity contribution in [2.24, 2.45) is 0 Å². The maximum atomic E-state index is 11.3. The maximum Gasteiger partial charge on any atom is 0.338 e. The summed E-state index contributed by atoms with van der Waals surface area (Å²) >= 11 is 0. The molecular weight excluding hydrogens is 344 g/mol. The molecule has 0 atom stereocenters. The van der Waals surface area contributed by atoms with E-state index < -0.39 is 5.97 Å². The average Bonchev–Trinajstić information content (AvgIpc) is 3.13. The lowest BCUT2D eigenvalue weighted by Gasteiger charge is -2.27. The fourth-order valence-corrected chi connectivity index (χ4v) is 3.26. The molecule has 8 nitrogen and oxygen atoms in total. The van der Waals surface area contributed by atoms with Gasteiger partial charge in [-0.25, -0.2) is 14.8 Å². The minimum atomic E-state index is -0.998. The number of carbonyl (C=O) groups is 1. The number of aromatic amines is 1. The lowest BCUT2D eigenvalue weighted by molar-refractivity contribution is 0.0698. The number of pyridine rings is 1. The second-order valence-electron chi connectivity index (χ2n) is 6.54. The smallest absolute Gasteiger partial charge is 0.338 e. The second-order valence-corrected chi connectivity index (χ2v) is 6.54. The van der Waals surface area contributed by atoms with Crippen molar-refractivity contribution in [3.63, 3.8) is 0 Å². The molecule has 1 aliphatic rings. The lowest BCUT2D eigenvalue weighted by atomic mass is 10.2. The Morgan fingerprint density at radius 1 is 1.19 bits per heavy atom. The summed E-state index contributed by atoms with van der Waals surface area (Å²) in [5.41, 5.74) is 2.96. The van der Waals surface area contributed by atoms with Crippen molar-refractivity contribution in [3.8, 4) is 11.4 Å². The van der Waals surface area contributed by atoms with Crippen LogP contribution >= 0.6 is 0 Å². The lowest BCUT2D eigenvalue weighted by Crippen LogP contribution is -2.45. The van der Waals surface area contributed by atoms with Crippen LogP contribution in [0.3, 0.4) is 0 Å². The summed E-state index contributed by atoms with van der Waals surface area (Å²) in [5.74, 6) is -0.389. The number of carboxylic acids is 1. The van der Waals surface area contributed by atoms with Gasteiger partial charge in [0.05, 0.1) is 11.1 Å². The van der Waals surface area contributed by atoms with E-state index in [1.165, 1.54) is 12.3 Å². The zero-order chi connectivity index (χ0) is 18.6. The van der Waals surface area contributed by atoms with Crippen LogP contribution in [0.25, 0.3) is 22.6 Å². The first-order valence-electron chi connectivity index (χ1n) is 9.06. The number of anilines is 1. The van der Waals surface area contributed by atoms with Gasteiger partial charge >= 0.3 is 5.97 Å². The van der Waals surface area contributed by atoms with Crippen molar-refractivity contribution in [1.82, 2.24) is 25.2 Å². The van der Waals surface area contributed by atoms with E-state index in [2.05, 4.69) is 30.5 Å². The number of rotatable bonds is 6. The third-order valence-corrected chi connectivity index (χ3v) is 4.75. The van der Waals surface area contributed by atoms with Gasteiger partial charge < -0.3 is 20.7 Å². The molecule has 0 spiro atoms. The molecule has 1 aromatic carbocycles. The van der Waals surface area contributed by atoms with Crippen molar-refractivity contribution in [2.75, 3.05) is 44.6 Å². The van der Waals surface area contributed by atoms with E-state index in [0.29, 0.717) is 17.0 Å². The third kappa shape index (κ3) is 3.91. The number of H-pyrrole nitrogens is 1. The molecule has 0 unspecified atom stereocenters. The topological polar surface area (TPSA) is 106 Å². The Morgan fingerprint density at radius 3 is 2.70 bits per heavy atom. The SMILES string of the molecule is O=C(O)c1ccnc2nc(-c3ccc(NCCN4CCNCC4)cc3)[nH]c12. The summed E-state index contributed by atoms with van der Waals surface area (Å²) < 4.78 is 0. The van der Waals surface area contributed by atoms with Crippen molar-refractivity contribution in [3.05, 3.63) is 42.1 Å². The Morgan fingerprint density at radius 2 is 1.96 bits per heavy atom. The number of fused-ring (bicyclic) bond motifs is 1. The quantitative estimate of drug-likeness (QED) is 0.525. The van der Waals surface area contributed by atoms with E-state index in [1.54, 1.807) is 0 Å². The van der Waals surface area contributed by atoms with Crippen LogP contribution in [-0.2, 0) is 0 Å². The highest BCUT2D eigenvalue weighted by molar-refractivity contribution is 6.00. The van der Waals surface area contributed by atoms with Gasteiger partial charge in [0.25, 0.3) is 0 Å². The number of benzene rings is 1. The molecule has 0 amide bonds. The van der Waals surface area contributed by atoms with Crippen LogP contribution < -0.4 is 10.6 Å². The van der Waals surface area contributed by atoms with Gasteiger partial charge in [-0.1, -0.05) is 0 Å². The molecule has 4 N–H and O–H groups in total. The van der Waals surface area contributed by atoms with Gasteiger partial charge in [0, 0.05) is 56.7 Å². The number of hydrogen-bond acceptors (Lipinski definition) is 6. The molecule has 0 radical (unpaired) electrons. The van der Waals surface area contributed by atoms with Crippen LogP contribution in [0, 0.1) is 0 Å². The number of carboxylic acid groups (broad SMARTS) is 1. The fraction of sp³-hybridized carbons (Fsp3) is 0.316. The summed E-state index contributed by atoms with van der Waals surface area (Å²) in [6.45, 7) is 6.24. The first-order chi connectivity index (χ1) is 13.2. The van der Waals surface area contributed by atoms with E-state index in [0.717, 1.165) is 50.5 Å². The fourth-order valence-electron chi connectivity index (χ4n) is 3.26. The Hall–Kier alpha value is -2.97. The van der Waals surface area contributed by atoms with Gasteiger partial charge in [-0.3, -0.25) is 4.90 Å². The zero-order valence-corrected chi connectivity index (χ0v) is 14.9. The van der Waals surface area contributed by atoms with Gasteiger partial charge in [0.1, 0.15) is 5.82 Å². The van der Waals surface area contributed by atoms with Crippen LogP contribution in [0.5, 0.6) is 0 Å². The molecule has 0 saturated carbocycles. The Labute approximate surface area is 156 Å². The van der Waals surface area contributed by atoms with Crippen molar-refractivity contribution >= 4 is 22.8 Å². The van der Waals surface area contributed by atoms with Gasteiger partial charge in [-0.15, -0.1) is 0 Å². The van der Waals surface area contributed by atoms with Crippen LogP contribution in [-0.4, -0.2) is 70.2 Å². The zero-order valence-electron chi connectivity index (χ0n) is 14.9. The predicted molar refractivity (Wildman–Crippen MR) is 104 cm³/mol. The number of aromatic nitrogens is 3. The molecule has 1 aliphatic heterocycles.